The summed E-state index contributed by atoms with van der Waals surface area (Å²) in [5.74, 6) is -0.935. The van der Waals surface area contributed by atoms with Gasteiger partial charge < -0.3 is 14.3 Å². The van der Waals surface area contributed by atoms with Crippen LogP contribution in [0, 0.1) is 0 Å². The Balaban J connectivity index is 3.32. The van der Waals surface area contributed by atoms with Crippen molar-refractivity contribution in [2.24, 2.45) is 0 Å². The first-order valence-corrected chi connectivity index (χ1v) is 4.19. The van der Waals surface area contributed by atoms with Gasteiger partial charge in [-0.15, -0.1) is 0 Å². The number of hydrogen-bond acceptors (Lipinski definition) is 2. The summed E-state index contributed by atoms with van der Waals surface area (Å²) in [6.45, 7) is 1.93. The predicted molar refractivity (Wildman–Crippen MR) is 50.5 cm³/mol. The summed E-state index contributed by atoms with van der Waals surface area (Å²) in [4.78, 5) is 10.0. The van der Waals surface area contributed by atoms with E-state index in [-0.39, 0.29) is 0 Å². The van der Waals surface area contributed by atoms with Crippen molar-refractivity contribution in [2.45, 2.75) is 0 Å². The zero-order chi connectivity index (χ0) is 10.3. The van der Waals surface area contributed by atoms with Crippen molar-refractivity contribution in [3.63, 3.8) is 0 Å². The van der Waals surface area contributed by atoms with Crippen LogP contribution in [0.1, 0.15) is 0 Å². The maximum Gasteiger partial charge on any atom is 0.328 e. The fourth-order valence-corrected chi connectivity index (χ4v) is 0.639. The van der Waals surface area contributed by atoms with Crippen LogP contribution in [0.2, 0.25) is 0 Å². The Morgan fingerprint density at radius 2 is 2.08 bits per heavy atom. The Morgan fingerprint density at radius 3 is 2.54 bits per heavy atom. The standard InChI is InChI=1S/C9H17NO3/c1-10(2,3)6-8-13-7-4-5-9(11)12/h4-5H,6-8H2,1-3H3/p+1/b5-4-. The van der Waals surface area contributed by atoms with Crippen LogP contribution in [0.5, 0.6) is 0 Å². The summed E-state index contributed by atoms with van der Waals surface area (Å²) in [7, 11) is 6.24. The molecule has 4 nitrogen and oxygen atoms in total. The second-order valence-electron chi connectivity index (χ2n) is 3.83. The van der Waals surface area contributed by atoms with E-state index in [0.717, 1.165) is 17.1 Å². The number of hydrogen-bond donors (Lipinski definition) is 1. The summed E-state index contributed by atoms with van der Waals surface area (Å²) >= 11 is 0. The molecule has 4 heteroatoms. The average Bonchev–Trinajstić information content (AvgIpc) is 1.93. The quantitative estimate of drug-likeness (QED) is 0.372. The Morgan fingerprint density at radius 1 is 1.46 bits per heavy atom. The number of quaternary nitrogens is 1. The van der Waals surface area contributed by atoms with Gasteiger partial charge in [0.2, 0.25) is 0 Å². The van der Waals surface area contributed by atoms with E-state index in [2.05, 4.69) is 21.1 Å². The molecule has 0 saturated heterocycles. The van der Waals surface area contributed by atoms with Gasteiger partial charge in [0.1, 0.15) is 6.54 Å². The summed E-state index contributed by atoms with van der Waals surface area (Å²) in [5.41, 5.74) is 0. The SMILES string of the molecule is C[N+](C)(C)CCOC/C=C\C(=O)O. The maximum atomic E-state index is 10.0. The molecule has 0 unspecified atom stereocenters. The van der Waals surface area contributed by atoms with Crippen molar-refractivity contribution in [3.8, 4) is 0 Å². The van der Waals surface area contributed by atoms with Gasteiger partial charge in [-0.2, -0.15) is 0 Å². The van der Waals surface area contributed by atoms with Crippen molar-refractivity contribution in [1.82, 2.24) is 0 Å². The molecule has 0 aromatic heterocycles. The van der Waals surface area contributed by atoms with E-state index < -0.39 is 5.97 Å². The molecule has 0 aromatic carbocycles. The summed E-state index contributed by atoms with van der Waals surface area (Å²) in [5, 5.41) is 8.25. The van der Waals surface area contributed by atoms with Crippen LogP contribution in [-0.2, 0) is 9.53 Å². The smallest absolute Gasteiger partial charge is 0.328 e. The van der Waals surface area contributed by atoms with Crippen LogP contribution in [0.15, 0.2) is 12.2 Å². The van der Waals surface area contributed by atoms with E-state index in [1.807, 2.05) is 0 Å². The average molecular weight is 188 g/mol. The van der Waals surface area contributed by atoms with Gasteiger partial charge in [0.25, 0.3) is 0 Å². The molecule has 0 amide bonds. The summed E-state index contributed by atoms with van der Waals surface area (Å²) < 4.78 is 6.04. The van der Waals surface area contributed by atoms with Gasteiger partial charge in [0.05, 0.1) is 34.4 Å². The van der Waals surface area contributed by atoms with E-state index in [9.17, 15) is 4.79 Å². The molecule has 0 aromatic rings. The third-order valence-electron chi connectivity index (χ3n) is 1.38. The van der Waals surface area contributed by atoms with Crippen LogP contribution in [0.25, 0.3) is 0 Å². The lowest BCUT2D eigenvalue weighted by molar-refractivity contribution is -0.870. The number of ether oxygens (including phenoxy) is 1. The first-order valence-electron chi connectivity index (χ1n) is 4.19. The van der Waals surface area contributed by atoms with Gasteiger partial charge in [0.15, 0.2) is 0 Å². The molecule has 13 heavy (non-hydrogen) atoms. The highest BCUT2D eigenvalue weighted by molar-refractivity contribution is 5.79. The highest BCUT2D eigenvalue weighted by Crippen LogP contribution is 1.89. The fourth-order valence-electron chi connectivity index (χ4n) is 0.639. The molecule has 76 valence electrons. The molecule has 0 spiro atoms. The molecule has 1 N–H and O–H groups in total. The number of carboxylic acids is 1. The Kier molecular flexibility index (Phi) is 5.34. The molecule has 0 aliphatic heterocycles. The predicted octanol–water partition coefficient (Wildman–Crippen LogP) is 0.350. The Bertz CT molecular complexity index is 182. The summed E-state index contributed by atoms with van der Waals surface area (Å²) in [6.07, 6.45) is 2.59. The molecular formula is C9H18NO3+. The Labute approximate surface area is 79.0 Å². The first-order chi connectivity index (χ1) is 5.92. The number of rotatable bonds is 6. The van der Waals surface area contributed by atoms with Gasteiger partial charge in [0, 0.05) is 6.08 Å². The van der Waals surface area contributed by atoms with Crippen LogP contribution in [0.4, 0.5) is 0 Å². The Hall–Kier alpha value is -0.870. The second kappa shape index (κ2) is 5.72. The van der Waals surface area contributed by atoms with Crippen molar-refractivity contribution in [3.05, 3.63) is 12.2 Å². The van der Waals surface area contributed by atoms with E-state index in [4.69, 9.17) is 9.84 Å². The minimum Gasteiger partial charge on any atom is -0.478 e. The van der Waals surface area contributed by atoms with E-state index in [1.54, 1.807) is 0 Å². The van der Waals surface area contributed by atoms with E-state index in [1.165, 1.54) is 6.08 Å². The first kappa shape index (κ1) is 12.1. The second-order valence-corrected chi connectivity index (χ2v) is 3.83. The van der Waals surface area contributed by atoms with Crippen LogP contribution < -0.4 is 0 Å². The maximum absolute atomic E-state index is 10.0. The van der Waals surface area contributed by atoms with Crippen molar-refractivity contribution < 1.29 is 19.1 Å². The molecular weight excluding hydrogens is 170 g/mol. The summed E-state index contributed by atoms with van der Waals surface area (Å²) in [6, 6.07) is 0. The van der Waals surface area contributed by atoms with E-state index >= 15 is 0 Å². The van der Waals surface area contributed by atoms with Gasteiger partial charge in [-0.1, -0.05) is 6.08 Å². The van der Waals surface area contributed by atoms with E-state index in [0.29, 0.717) is 13.2 Å². The number of aliphatic carboxylic acids is 1. The fraction of sp³-hybridized carbons (Fsp3) is 0.667. The molecule has 0 aliphatic carbocycles. The number of carboxylic acid groups (broad SMARTS) is 1. The largest absolute Gasteiger partial charge is 0.478 e. The van der Waals surface area contributed by atoms with Crippen molar-refractivity contribution in [2.75, 3.05) is 40.9 Å². The molecule has 0 fully saturated rings. The lowest BCUT2D eigenvalue weighted by Gasteiger charge is -2.23. The third kappa shape index (κ3) is 11.1. The highest BCUT2D eigenvalue weighted by Gasteiger charge is 2.04. The molecule has 0 rings (SSSR count). The minimum absolute atomic E-state index is 0.367. The molecule has 0 saturated carbocycles. The third-order valence-corrected chi connectivity index (χ3v) is 1.38. The topological polar surface area (TPSA) is 46.5 Å². The monoisotopic (exact) mass is 188 g/mol. The van der Waals surface area contributed by atoms with Gasteiger partial charge in [-0.3, -0.25) is 0 Å². The van der Waals surface area contributed by atoms with Gasteiger partial charge in [-0.25, -0.2) is 4.79 Å². The molecule has 0 atom stereocenters. The number of carbonyl (C=O) groups is 1. The lowest BCUT2D eigenvalue weighted by Crippen LogP contribution is -2.37. The van der Waals surface area contributed by atoms with Crippen molar-refractivity contribution >= 4 is 5.97 Å². The van der Waals surface area contributed by atoms with Crippen LogP contribution in [0.3, 0.4) is 0 Å². The van der Waals surface area contributed by atoms with Crippen LogP contribution >= 0.6 is 0 Å². The highest BCUT2D eigenvalue weighted by atomic mass is 16.5. The molecule has 0 aliphatic rings. The van der Waals surface area contributed by atoms with Crippen molar-refractivity contribution in [1.29, 1.82) is 0 Å². The molecule has 0 heterocycles. The van der Waals surface area contributed by atoms with Gasteiger partial charge >= 0.3 is 5.97 Å². The number of likely N-dealkylation sites (N-methyl/N-ethyl adjacent to an activating group) is 1. The zero-order valence-corrected chi connectivity index (χ0v) is 8.49. The molecule has 0 radical (unpaired) electrons. The van der Waals surface area contributed by atoms with Crippen LogP contribution in [-0.4, -0.2) is 56.5 Å². The molecule has 0 bridgehead atoms. The lowest BCUT2D eigenvalue weighted by atomic mass is 10.5. The minimum atomic E-state index is -0.935. The number of nitrogens with zero attached hydrogens (tertiary/aromatic N) is 1. The normalized spacial score (nSPS) is 12.2. The van der Waals surface area contributed by atoms with Gasteiger partial charge in [-0.05, 0) is 0 Å². The zero-order valence-electron chi connectivity index (χ0n) is 8.49.